The summed E-state index contributed by atoms with van der Waals surface area (Å²) in [4.78, 5) is 9.21. The SMILES string of the molecule is COC(C)c1nc(C)c(C(C)CNC2CC2)c(C)n1. The first-order valence-corrected chi connectivity index (χ1v) is 7.14. The fourth-order valence-electron chi connectivity index (χ4n) is 2.48. The van der Waals surface area contributed by atoms with E-state index < -0.39 is 0 Å². The quantitative estimate of drug-likeness (QED) is 0.857. The van der Waals surface area contributed by atoms with Crippen LogP contribution >= 0.6 is 0 Å². The Hall–Kier alpha value is -1.00. The third-order valence-corrected chi connectivity index (χ3v) is 3.84. The minimum atomic E-state index is -0.0497. The molecular weight excluding hydrogens is 238 g/mol. The van der Waals surface area contributed by atoms with Crippen LogP contribution in [0.15, 0.2) is 0 Å². The Morgan fingerprint density at radius 2 is 1.79 bits per heavy atom. The van der Waals surface area contributed by atoms with E-state index in [4.69, 9.17) is 4.74 Å². The van der Waals surface area contributed by atoms with Crippen molar-refractivity contribution < 1.29 is 4.74 Å². The van der Waals surface area contributed by atoms with E-state index in [1.165, 1.54) is 18.4 Å². The van der Waals surface area contributed by atoms with Crippen LogP contribution in [-0.2, 0) is 4.74 Å². The first-order valence-electron chi connectivity index (χ1n) is 7.14. The van der Waals surface area contributed by atoms with Crippen LogP contribution < -0.4 is 5.32 Å². The van der Waals surface area contributed by atoms with Crippen LogP contribution in [0.25, 0.3) is 0 Å². The zero-order valence-corrected chi connectivity index (χ0v) is 12.7. The highest BCUT2D eigenvalue weighted by molar-refractivity contribution is 5.28. The molecule has 1 aliphatic carbocycles. The fourth-order valence-corrected chi connectivity index (χ4v) is 2.48. The molecule has 2 unspecified atom stereocenters. The van der Waals surface area contributed by atoms with Gasteiger partial charge in [-0.2, -0.15) is 0 Å². The molecule has 0 radical (unpaired) electrons. The largest absolute Gasteiger partial charge is 0.374 e. The molecule has 0 spiro atoms. The Labute approximate surface area is 116 Å². The summed E-state index contributed by atoms with van der Waals surface area (Å²) in [5.74, 6) is 1.23. The molecular formula is C15H25N3O. The van der Waals surface area contributed by atoms with Gasteiger partial charge in [0.25, 0.3) is 0 Å². The number of aryl methyl sites for hydroxylation is 2. The Morgan fingerprint density at radius 1 is 1.21 bits per heavy atom. The lowest BCUT2D eigenvalue weighted by molar-refractivity contribution is 0.111. The fraction of sp³-hybridized carbons (Fsp3) is 0.733. The summed E-state index contributed by atoms with van der Waals surface area (Å²) in [6.45, 7) is 9.38. The molecule has 2 atom stereocenters. The van der Waals surface area contributed by atoms with Gasteiger partial charge in [0.2, 0.25) is 0 Å². The molecule has 4 heteroatoms. The van der Waals surface area contributed by atoms with Gasteiger partial charge >= 0.3 is 0 Å². The van der Waals surface area contributed by atoms with Crippen molar-refractivity contribution in [1.29, 1.82) is 0 Å². The highest BCUT2D eigenvalue weighted by atomic mass is 16.5. The number of rotatable bonds is 6. The smallest absolute Gasteiger partial charge is 0.157 e. The minimum absolute atomic E-state index is 0.0497. The number of hydrogen-bond acceptors (Lipinski definition) is 4. The summed E-state index contributed by atoms with van der Waals surface area (Å²) in [6, 6.07) is 0.747. The van der Waals surface area contributed by atoms with Crippen LogP contribution in [0.3, 0.4) is 0 Å². The maximum absolute atomic E-state index is 5.30. The van der Waals surface area contributed by atoms with Crippen LogP contribution in [0.5, 0.6) is 0 Å². The molecule has 1 aromatic heterocycles. The van der Waals surface area contributed by atoms with Gasteiger partial charge in [-0.15, -0.1) is 0 Å². The number of aromatic nitrogens is 2. The molecule has 106 valence electrons. The maximum Gasteiger partial charge on any atom is 0.157 e. The van der Waals surface area contributed by atoms with Gasteiger partial charge in [-0.1, -0.05) is 6.92 Å². The highest BCUT2D eigenvalue weighted by Crippen LogP contribution is 2.25. The van der Waals surface area contributed by atoms with Crippen molar-refractivity contribution in [2.75, 3.05) is 13.7 Å². The standard InChI is InChI=1S/C15H25N3O/c1-9(8-16-13-6-7-13)14-10(2)17-15(12(4)19-5)18-11(14)3/h9,12-13,16H,6-8H2,1-5H3. The van der Waals surface area contributed by atoms with E-state index in [0.717, 1.165) is 29.8 Å². The summed E-state index contributed by atoms with van der Waals surface area (Å²) in [5, 5.41) is 3.58. The maximum atomic E-state index is 5.30. The normalized spacial score (nSPS) is 18.4. The van der Waals surface area contributed by atoms with Crippen LogP contribution in [0.1, 0.15) is 61.5 Å². The van der Waals surface area contributed by atoms with E-state index in [1.54, 1.807) is 7.11 Å². The predicted octanol–water partition coefficient (Wildman–Crippen LogP) is 2.66. The van der Waals surface area contributed by atoms with Crippen LogP contribution in [0, 0.1) is 13.8 Å². The van der Waals surface area contributed by atoms with E-state index in [0.29, 0.717) is 5.92 Å². The van der Waals surface area contributed by atoms with E-state index in [9.17, 15) is 0 Å². The van der Waals surface area contributed by atoms with E-state index >= 15 is 0 Å². The molecule has 0 aliphatic heterocycles. The number of hydrogen-bond donors (Lipinski definition) is 1. The molecule has 1 aliphatic rings. The summed E-state index contributed by atoms with van der Waals surface area (Å²) >= 11 is 0. The van der Waals surface area contributed by atoms with Gasteiger partial charge in [-0.25, -0.2) is 9.97 Å². The molecule has 1 heterocycles. The lowest BCUT2D eigenvalue weighted by atomic mass is 9.98. The lowest BCUT2D eigenvalue weighted by Crippen LogP contribution is -2.23. The van der Waals surface area contributed by atoms with Crippen LogP contribution in [0.4, 0.5) is 0 Å². The summed E-state index contributed by atoms with van der Waals surface area (Å²) in [5.41, 5.74) is 3.44. The number of methoxy groups -OCH3 is 1. The average molecular weight is 263 g/mol. The Balaban J connectivity index is 2.14. The number of nitrogens with zero attached hydrogens (tertiary/aromatic N) is 2. The summed E-state index contributed by atoms with van der Waals surface area (Å²) in [7, 11) is 1.69. The first-order chi connectivity index (χ1) is 9.02. The van der Waals surface area contributed by atoms with Crippen molar-refractivity contribution in [3.63, 3.8) is 0 Å². The van der Waals surface area contributed by atoms with Gasteiger partial charge < -0.3 is 10.1 Å². The van der Waals surface area contributed by atoms with E-state index in [1.807, 2.05) is 6.92 Å². The number of nitrogens with one attached hydrogen (secondary N) is 1. The van der Waals surface area contributed by atoms with Gasteiger partial charge in [-0.05, 0) is 45.1 Å². The molecule has 1 aromatic rings. The van der Waals surface area contributed by atoms with E-state index in [-0.39, 0.29) is 6.10 Å². The highest BCUT2D eigenvalue weighted by Gasteiger charge is 2.23. The second kappa shape index (κ2) is 5.97. The zero-order chi connectivity index (χ0) is 14.0. The Bertz CT molecular complexity index is 420. The molecule has 0 aromatic carbocycles. The second-order valence-corrected chi connectivity index (χ2v) is 5.63. The van der Waals surface area contributed by atoms with Crippen molar-refractivity contribution in [2.45, 2.75) is 58.6 Å². The summed E-state index contributed by atoms with van der Waals surface area (Å²) < 4.78 is 5.30. The molecule has 2 rings (SSSR count). The molecule has 1 fully saturated rings. The van der Waals surface area contributed by atoms with Crippen molar-refractivity contribution in [1.82, 2.24) is 15.3 Å². The van der Waals surface area contributed by atoms with Crippen molar-refractivity contribution in [3.8, 4) is 0 Å². The topological polar surface area (TPSA) is 47.0 Å². The average Bonchev–Trinajstić information content (AvgIpc) is 3.18. The predicted molar refractivity (Wildman–Crippen MR) is 76.4 cm³/mol. The molecule has 1 N–H and O–H groups in total. The van der Waals surface area contributed by atoms with Gasteiger partial charge in [0.1, 0.15) is 6.10 Å². The van der Waals surface area contributed by atoms with Crippen molar-refractivity contribution in [2.24, 2.45) is 0 Å². The molecule has 0 bridgehead atoms. The van der Waals surface area contributed by atoms with Crippen molar-refractivity contribution in [3.05, 3.63) is 22.8 Å². The van der Waals surface area contributed by atoms with Gasteiger partial charge in [-0.3, -0.25) is 0 Å². The second-order valence-electron chi connectivity index (χ2n) is 5.63. The molecule has 19 heavy (non-hydrogen) atoms. The minimum Gasteiger partial charge on any atom is -0.374 e. The van der Waals surface area contributed by atoms with Gasteiger partial charge in [0.05, 0.1) is 0 Å². The van der Waals surface area contributed by atoms with Crippen molar-refractivity contribution >= 4 is 0 Å². The lowest BCUT2D eigenvalue weighted by Gasteiger charge is -2.19. The van der Waals surface area contributed by atoms with Crippen LogP contribution in [-0.4, -0.2) is 29.7 Å². The zero-order valence-electron chi connectivity index (χ0n) is 12.7. The third-order valence-electron chi connectivity index (χ3n) is 3.84. The molecule has 4 nitrogen and oxygen atoms in total. The Kier molecular flexibility index (Phi) is 4.53. The van der Waals surface area contributed by atoms with Gasteiger partial charge in [0.15, 0.2) is 5.82 Å². The third kappa shape index (κ3) is 3.51. The van der Waals surface area contributed by atoms with E-state index in [2.05, 4.69) is 36.1 Å². The molecule has 1 saturated carbocycles. The van der Waals surface area contributed by atoms with Crippen LogP contribution in [0.2, 0.25) is 0 Å². The number of ether oxygens (including phenoxy) is 1. The monoisotopic (exact) mass is 263 g/mol. The first kappa shape index (κ1) is 14.4. The summed E-state index contributed by atoms with van der Waals surface area (Å²) in [6.07, 6.45) is 2.60. The van der Waals surface area contributed by atoms with Gasteiger partial charge in [0, 0.05) is 31.1 Å². The Morgan fingerprint density at radius 3 is 2.26 bits per heavy atom. The molecule has 0 saturated heterocycles. The molecule has 0 amide bonds.